The zero-order valence-corrected chi connectivity index (χ0v) is 14.7. The number of pyridine rings is 1. The molecule has 1 aromatic heterocycles. The van der Waals surface area contributed by atoms with Crippen LogP contribution in [0, 0.1) is 12.8 Å². The van der Waals surface area contributed by atoms with Gasteiger partial charge < -0.3 is 10.6 Å². The molecule has 3 heteroatoms. The summed E-state index contributed by atoms with van der Waals surface area (Å²) in [6, 6.07) is 3.00. The third kappa shape index (κ3) is 5.31. The number of hydrogen-bond acceptors (Lipinski definition) is 3. The van der Waals surface area contributed by atoms with Crippen molar-refractivity contribution in [3.63, 3.8) is 0 Å². The summed E-state index contributed by atoms with van der Waals surface area (Å²) in [7, 11) is 0. The molecule has 0 aromatic carbocycles. The van der Waals surface area contributed by atoms with Crippen LogP contribution in [0.1, 0.15) is 58.6 Å². The van der Waals surface area contributed by atoms with Crippen LogP contribution in [-0.2, 0) is 6.42 Å². The van der Waals surface area contributed by atoms with E-state index in [9.17, 15) is 0 Å². The van der Waals surface area contributed by atoms with Crippen LogP contribution in [0.3, 0.4) is 0 Å². The van der Waals surface area contributed by atoms with Crippen LogP contribution in [0.2, 0.25) is 0 Å². The Bertz CT molecular complexity index is 422. The van der Waals surface area contributed by atoms with E-state index in [0.29, 0.717) is 12.0 Å². The van der Waals surface area contributed by atoms with Crippen LogP contribution in [0.4, 0.5) is 5.82 Å². The molecule has 1 atom stereocenters. The van der Waals surface area contributed by atoms with Gasteiger partial charge in [-0.2, -0.15) is 0 Å². The molecule has 0 saturated heterocycles. The molecular formula is C18H33N3. The lowest BCUT2D eigenvalue weighted by Gasteiger charge is -2.34. The van der Waals surface area contributed by atoms with E-state index in [2.05, 4.69) is 45.6 Å². The zero-order valence-electron chi connectivity index (χ0n) is 14.7. The first-order valence-corrected chi connectivity index (χ1v) is 8.36. The predicted octanol–water partition coefficient (Wildman–Crippen LogP) is 3.93. The highest BCUT2D eigenvalue weighted by molar-refractivity contribution is 5.48. The molecule has 0 amide bonds. The van der Waals surface area contributed by atoms with Gasteiger partial charge in [0.05, 0.1) is 0 Å². The summed E-state index contributed by atoms with van der Waals surface area (Å²) >= 11 is 0. The third-order valence-electron chi connectivity index (χ3n) is 3.88. The van der Waals surface area contributed by atoms with Gasteiger partial charge in [-0.1, -0.05) is 33.8 Å². The topological polar surface area (TPSA) is 42.2 Å². The third-order valence-corrected chi connectivity index (χ3v) is 3.88. The Balaban J connectivity index is 3.06. The second-order valence-electron chi connectivity index (χ2n) is 6.68. The Labute approximate surface area is 130 Å². The van der Waals surface area contributed by atoms with Gasteiger partial charge >= 0.3 is 0 Å². The van der Waals surface area contributed by atoms with Crippen LogP contribution in [0.5, 0.6) is 0 Å². The van der Waals surface area contributed by atoms with Crippen molar-refractivity contribution < 1.29 is 0 Å². The number of hydrogen-bond donors (Lipinski definition) is 1. The standard InChI is InChI=1S/C18H33N3/c1-7-17(8-2)21(12-13(3)4)18-14(5)9-16(11-20-18)10-15(6)19/h9,11,13,15,17H,7-8,10,12,19H2,1-6H3. The van der Waals surface area contributed by atoms with Gasteiger partial charge in [0.1, 0.15) is 5.82 Å². The summed E-state index contributed by atoms with van der Waals surface area (Å²) in [5.74, 6) is 1.78. The molecule has 3 nitrogen and oxygen atoms in total. The van der Waals surface area contributed by atoms with Crippen molar-refractivity contribution >= 4 is 5.82 Å². The Hall–Kier alpha value is -1.09. The zero-order chi connectivity index (χ0) is 16.0. The minimum absolute atomic E-state index is 0.183. The number of rotatable bonds is 8. The molecule has 120 valence electrons. The molecule has 2 N–H and O–H groups in total. The lowest BCUT2D eigenvalue weighted by molar-refractivity contribution is 0.502. The molecule has 0 fully saturated rings. The summed E-state index contributed by atoms with van der Waals surface area (Å²) in [4.78, 5) is 7.27. The van der Waals surface area contributed by atoms with Gasteiger partial charge in [0, 0.05) is 24.8 Å². The lowest BCUT2D eigenvalue weighted by atomic mass is 10.0. The van der Waals surface area contributed by atoms with Crippen molar-refractivity contribution in [2.45, 2.75) is 72.9 Å². The largest absolute Gasteiger partial charge is 0.353 e. The van der Waals surface area contributed by atoms with Crippen molar-refractivity contribution in [2.24, 2.45) is 11.7 Å². The van der Waals surface area contributed by atoms with Crippen LogP contribution in [0.15, 0.2) is 12.3 Å². The summed E-state index contributed by atoms with van der Waals surface area (Å²) in [6.45, 7) is 14.3. The maximum atomic E-state index is 5.89. The summed E-state index contributed by atoms with van der Waals surface area (Å²) in [5, 5.41) is 0. The fraction of sp³-hybridized carbons (Fsp3) is 0.722. The van der Waals surface area contributed by atoms with E-state index in [0.717, 1.165) is 31.6 Å². The van der Waals surface area contributed by atoms with E-state index in [1.807, 2.05) is 13.1 Å². The van der Waals surface area contributed by atoms with Crippen LogP contribution in [-0.4, -0.2) is 23.6 Å². The molecule has 0 saturated carbocycles. The summed E-state index contributed by atoms with van der Waals surface area (Å²) < 4.78 is 0. The van der Waals surface area contributed by atoms with E-state index < -0.39 is 0 Å². The van der Waals surface area contributed by atoms with E-state index in [1.165, 1.54) is 11.1 Å². The highest BCUT2D eigenvalue weighted by Gasteiger charge is 2.20. The molecule has 21 heavy (non-hydrogen) atoms. The SMILES string of the molecule is CCC(CC)N(CC(C)C)c1ncc(CC(C)N)cc1C. The van der Waals surface area contributed by atoms with Gasteiger partial charge in [0.2, 0.25) is 0 Å². The van der Waals surface area contributed by atoms with Gasteiger partial charge in [0.25, 0.3) is 0 Å². The van der Waals surface area contributed by atoms with Crippen molar-refractivity contribution in [3.8, 4) is 0 Å². The lowest BCUT2D eigenvalue weighted by Crippen LogP contribution is -2.38. The number of anilines is 1. The van der Waals surface area contributed by atoms with Crippen LogP contribution in [0.25, 0.3) is 0 Å². The fourth-order valence-electron chi connectivity index (χ4n) is 2.94. The summed E-state index contributed by atoms with van der Waals surface area (Å²) in [6.07, 6.45) is 5.21. The Morgan fingerprint density at radius 2 is 1.81 bits per heavy atom. The first-order valence-electron chi connectivity index (χ1n) is 8.36. The molecule has 0 aliphatic rings. The second-order valence-corrected chi connectivity index (χ2v) is 6.68. The number of nitrogens with zero attached hydrogens (tertiary/aromatic N) is 2. The minimum Gasteiger partial charge on any atom is -0.353 e. The maximum Gasteiger partial charge on any atom is 0.131 e. The Morgan fingerprint density at radius 3 is 2.24 bits per heavy atom. The smallest absolute Gasteiger partial charge is 0.131 e. The van der Waals surface area contributed by atoms with Gasteiger partial charge in [-0.05, 0) is 50.2 Å². The number of aryl methyl sites for hydroxylation is 1. The summed E-state index contributed by atoms with van der Waals surface area (Å²) in [5.41, 5.74) is 8.39. The van der Waals surface area contributed by atoms with Gasteiger partial charge in [-0.25, -0.2) is 4.98 Å². The Morgan fingerprint density at radius 1 is 1.19 bits per heavy atom. The highest BCUT2D eigenvalue weighted by Crippen LogP contribution is 2.24. The van der Waals surface area contributed by atoms with Crippen LogP contribution >= 0.6 is 0 Å². The van der Waals surface area contributed by atoms with E-state index in [1.54, 1.807) is 0 Å². The molecule has 1 aromatic rings. The minimum atomic E-state index is 0.183. The molecule has 0 aliphatic carbocycles. The Kier molecular flexibility index (Phi) is 7.16. The van der Waals surface area contributed by atoms with Crippen molar-refractivity contribution in [1.29, 1.82) is 0 Å². The normalized spacial score (nSPS) is 13.0. The van der Waals surface area contributed by atoms with Crippen molar-refractivity contribution in [1.82, 2.24) is 4.98 Å². The molecule has 0 radical (unpaired) electrons. The van der Waals surface area contributed by atoms with Crippen molar-refractivity contribution in [2.75, 3.05) is 11.4 Å². The highest BCUT2D eigenvalue weighted by atomic mass is 15.2. The maximum absolute atomic E-state index is 5.89. The van der Waals surface area contributed by atoms with Crippen LogP contribution < -0.4 is 10.6 Å². The van der Waals surface area contributed by atoms with E-state index >= 15 is 0 Å². The molecule has 1 unspecified atom stereocenters. The first kappa shape index (κ1) is 18.0. The van der Waals surface area contributed by atoms with Gasteiger partial charge in [0.15, 0.2) is 0 Å². The number of nitrogens with two attached hydrogens (primary N) is 1. The van der Waals surface area contributed by atoms with E-state index in [4.69, 9.17) is 10.7 Å². The fourth-order valence-corrected chi connectivity index (χ4v) is 2.94. The molecule has 0 aliphatic heterocycles. The predicted molar refractivity (Wildman–Crippen MR) is 92.9 cm³/mol. The molecule has 1 rings (SSSR count). The second kappa shape index (κ2) is 8.38. The monoisotopic (exact) mass is 291 g/mol. The first-order chi connectivity index (χ1) is 9.88. The average molecular weight is 291 g/mol. The molecular weight excluding hydrogens is 258 g/mol. The van der Waals surface area contributed by atoms with Gasteiger partial charge in [-0.15, -0.1) is 0 Å². The van der Waals surface area contributed by atoms with Gasteiger partial charge in [-0.3, -0.25) is 0 Å². The number of aromatic nitrogens is 1. The average Bonchev–Trinajstić information content (AvgIpc) is 2.38. The van der Waals surface area contributed by atoms with Crippen molar-refractivity contribution in [3.05, 3.63) is 23.4 Å². The molecule has 1 heterocycles. The quantitative estimate of drug-likeness (QED) is 0.789. The molecule has 0 spiro atoms. The van der Waals surface area contributed by atoms with E-state index in [-0.39, 0.29) is 6.04 Å². The molecule has 0 bridgehead atoms.